The molecule has 1 unspecified atom stereocenters. The van der Waals surface area contributed by atoms with Gasteiger partial charge < -0.3 is 5.32 Å². The van der Waals surface area contributed by atoms with E-state index < -0.39 is 0 Å². The van der Waals surface area contributed by atoms with Crippen molar-refractivity contribution in [2.24, 2.45) is 0 Å². The molecule has 4 aromatic rings. The molecule has 0 fully saturated rings. The molecule has 2 N–H and O–H groups in total. The van der Waals surface area contributed by atoms with Crippen LogP contribution in [0.2, 0.25) is 5.02 Å². The largest absolute Gasteiger partial charge is 0.306 e. The van der Waals surface area contributed by atoms with Crippen LogP contribution in [0.15, 0.2) is 61.1 Å². The summed E-state index contributed by atoms with van der Waals surface area (Å²) in [6.07, 6.45) is 6.46. The van der Waals surface area contributed by atoms with Crippen LogP contribution >= 0.6 is 22.9 Å². The molecular formula is C21H17ClN4S. The van der Waals surface area contributed by atoms with Crippen LogP contribution in [0.4, 0.5) is 0 Å². The number of nitrogens with zero attached hydrogens (tertiary/aromatic N) is 2. The summed E-state index contributed by atoms with van der Waals surface area (Å²) < 4.78 is 0. The SMILES string of the molecule is Clc1ccc2c(c1)CCNC2c1cc(-c2ccncc2)sc1-c1ccn[nH]1. The Morgan fingerprint density at radius 1 is 1.00 bits per heavy atom. The topological polar surface area (TPSA) is 53.6 Å². The zero-order valence-electron chi connectivity index (χ0n) is 14.4. The molecule has 134 valence electrons. The summed E-state index contributed by atoms with van der Waals surface area (Å²) >= 11 is 8.01. The van der Waals surface area contributed by atoms with Gasteiger partial charge in [-0.2, -0.15) is 5.10 Å². The van der Waals surface area contributed by atoms with Crippen molar-refractivity contribution in [1.82, 2.24) is 20.5 Å². The molecule has 0 radical (unpaired) electrons. The van der Waals surface area contributed by atoms with Crippen LogP contribution in [0.5, 0.6) is 0 Å². The van der Waals surface area contributed by atoms with Crippen LogP contribution in [0, 0.1) is 0 Å². The predicted octanol–water partition coefficient (Wildman–Crippen LogP) is 5.09. The van der Waals surface area contributed by atoms with Crippen LogP contribution in [0.1, 0.15) is 22.7 Å². The second-order valence-corrected chi connectivity index (χ2v) is 8.07. The first kappa shape index (κ1) is 16.7. The molecule has 27 heavy (non-hydrogen) atoms. The fourth-order valence-corrected chi connectivity index (χ4v) is 5.05. The van der Waals surface area contributed by atoms with E-state index in [1.54, 1.807) is 17.5 Å². The van der Waals surface area contributed by atoms with E-state index in [9.17, 15) is 0 Å². The number of halogens is 1. The molecule has 0 bridgehead atoms. The molecule has 1 atom stereocenters. The second-order valence-electron chi connectivity index (χ2n) is 6.58. The van der Waals surface area contributed by atoms with Crippen molar-refractivity contribution in [3.05, 3.63) is 82.8 Å². The highest BCUT2D eigenvalue weighted by atomic mass is 35.5. The average Bonchev–Trinajstić information content (AvgIpc) is 3.37. The Balaban J connectivity index is 1.67. The fraction of sp³-hybridized carbons (Fsp3) is 0.143. The maximum absolute atomic E-state index is 6.23. The lowest BCUT2D eigenvalue weighted by Crippen LogP contribution is -2.30. The zero-order chi connectivity index (χ0) is 18.2. The number of aromatic nitrogens is 3. The Hall–Kier alpha value is -2.47. The van der Waals surface area contributed by atoms with E-state index >= 15 is 0 Å². The quantitative estimate of drug-likeness (QED) is 0.510. The van der Waals surface area contributed by atoms with E-state index in [2.05, 4.69) is 38.7 Å². The fourth-order valence-electron chi connectivity index (χ4n) is 3.68. The summed E-state index contributed by atoms with van der Waals surface area (Å²) in [6, 6.07) is 14.8. The molecule has 0 saturated heterocycles. The van der Waals surface area contributed by atoms with Crippen molar-refractivity contribution in [2.45, 2.75) is 12.5 Å². The Labute approximate surface area is 166 Å². The van der Waals surface area contributed by atoms with Crippen LogP contribution in [-0.2, 0) is 6.42 Å². The Kier molecular flexibility index (Phi) is 4.28. The maximum atomic E-state index is 6.23. The predicted molar refractivity (Wildman–Crippen MR) is 110 cm³/mol. The third-order valence-electron chi connectivity index (χ3n) is 4.94. The molecule has 1 aromatic carbocycles. The Morgan fingerprint density at radius 2 is 1.89 bits per heavy atom. The average molecular weight is 393 g/mol. The molecule has 4 heterocycles. The normalized spacial score (nSPS) is 16.3. The van der Waals surface area contributed by atoms with Gasteiger partial charge in [-0.05, 0) is 65.1 Å². The molecular weight excluding hydrogens is 376 g/mol. The standard InChI is InChI=1S/C21H17ClN4S/c22-15-1-2-16-14(11-15)5-9-24-20(16)17-12-19(13-3-7-23-8-4-13)27-21(17)18-6-10-25-26-18/h1-4,6-8,10-12,20,24H,5,9H2,(H,25,26). The summed E-state index contributed by atoms with van der Waals surface area (Å²) in [7, 11) is 0. The van der Waals surface area contributed by atoms with Crippen LogP contribution in [0.3, 0.4) is 0 Å². The van der Waals surface area contributed by atoms with E-state index in [1.165, 1.54) is 32.0 Å². The van der Waals surface area contributed by atoms with Crippen molar-refractivity contribution in [3.8, 4) is 21.0 Å². The smallest absolute Gasteiger partial charge is 0.0753 e. The minimum absolute atomic E-state index is 0.135. The first-order chi connectivity index (χ1) is 13.3. The summed E-state index contributed by atoms with van der Waals surface area (Å²) in [4.78, 5) is 6.57. The van der Waals surface area contributed by atoms with Crippen LogP contribution < -0.4 is 5.32 Å². The second kappa shape index (κ2) is 6.93. The third-order valence-corrected chi connectivity index (χ3v) is 6.41. The maximum Gasteiger partial charge on any atom is 0.0753 e. The number of rotatable bonds is 3. The van der Waals surface area contributed by atoms with E-state index in [4.69, 9.17) is 11.6 Å². The van der Waals surface area contributed by atoms with Crippen LogP contribution in [-0.4, -0.2) is 21.7 Å². The minimum Gasteiger partial charge on any atom is -0.306 e. The Morgan fingerprint density at radius 3 is 2.70 bits per heavy atom. The van der Waals surface area contributed by atoms with Gasteiger partial charge in [0.2, 0.25) is 0 Å². The van der Waals surface area contributed by atoms with Gasteiger partial charge in [0.15, 0.2) is 0 Å². The highest BCUT2D eigenvalue weighted by Gasteiger charge is 2.26. The first-order valence-electron chi connectivity index (χ1n) is 8.85. The van der Waals surface area contributed by atoms with Gasteiger partial charge in [0.25, 0.3) is 0 Å². The van der Waals surface area contributed by atoms with Gasteiger partial charge in [0.1, 0.15) is 0 Å². The molecule has 0 spiro atoms. The number of thiophene rings is 1. The van der Waals surface area contributed by atoms with Crippen molar-refractivity contribution in [3.63, 3.8) is 0 Å². The summed E-state index contributed by atoms with van der Waals surface area (Å²) in [5.41, 5.74) is 6.09. The summed E-state index contributed by atoms with van der Waals surface area (Å²) in [5, 5.41) is 11.8. The Bertz CT molecular complexity index is 1070. The number of pyridine rings is 1. The highest BCUT2D eigenvalue weighted by molar-refractivity contribution is 7.19. The molecule has 4 nitrogen and oxygen atoms in total. The van der Waals surface area contributed by atoms with Gasteiger partial charge in [0, 0.05) is 35.0 Å². The van der Waals surface area contributed by atoms with Gasteiger partial charge in [-0.1, -0.05) is 17.7 Å². The van der Waals surface area contributed by atoms with Gasteiger partial charge in [-0.3, -0.25) is 10.1 Å². The molecule has 6 heteroatoms. The number of hydrogen-bond acceptors (Lipinski definition) is 4. The van der Waals surface area contributed by atoms with Crippen molar-refractivity contribution < 1.29 is 0 Å². The zero-order valence-corrected chi connectivity index (χ0v) is 16.0. The van der Waals surface area contributed by atoms with E-state index in [0.29, 0.717) is 0 Å². The number of aromatic amines is 1. The number of benzene rings is 1. The molecule has 1 aliphatic rings. The van der Waals surface area contributed by atoms with Gasteiger partial charge in [-0.15, -0.1) is 11.3 Å². The van der Waals surface area contributed by atoms with Gasteiger partial charge in [0.05, 0.1) is 16.6 Å². The monoisotopic (exact) mass is 392 g/mol. The molecule has 0 amide bonds. The molecule has 0 aliphatic carbocycles. The van der Waals surface area contributed by atoms with Crippen molar-refractivity contribution in [2.75, 3.05) is 6.54 Å². The third kappa shape index (κ3) is 3.08. The van der Waals surface area contributed by atoms with Crippen LogP contribution in [0.25, 0.3) is 21.0 Å². The number of nitrogens with one attached hydrogen (secondary N) is 2. The summed E-state index contributed by atoms with van der Waals surface area (Å²) in [5.74, 6) is 0. The lowest BCUT2D eigenvalue weighted by atomic mass is 9.89. The number of H-pyrrole nitrogens is 1. The lowest BCUT2D eigenvalue weighted by Gasteiger charge is -2.27. The molecule has 0 saturated carbocycles. The number of hydrogen-bond donors (Lipinski definition) is 2. The van der Waals surface area contributed by atoms with E-state index in [-0.39, 0.29) is 6.04 Å². The van der Waals surface area contributed by atoms with Crippen molar-refractivity contribution >= 4 is 22.9 Å². The molecule has 3 aromatic heterocycles. The minimum atomic E-state index is 0.135. The van der Waals surface area contributed by atoms with Gasteiger partial charge in [-0.25, -0.2) is 0 Å². The van der Waals surface area contributed by atoms with Gasteiger partial charge >= 0.3 is 0 Å². The first-order valence-corrected chi connectivity index (χ1v) is 10.0. The number of fused-ring (bicyclic) bond motifs is 1. The summed E-state index contributed by atoms with van der Waals surface area (Å²) in [6.45, 7) is 0.931. The lowest BCUT2D eigenvalue weighted by molar-refractivity contribution is 0.570. The molecule has 5 rings (SSSR count). The highest BCUT2D eigenvalue weighted by Crippen LogP contribution is 2.43. The molecule has 1 aliphatic heterocycles. The van der Waals surface area contributed by atoms with E-state index in [0.717, 1.165) is 23.7 Å². The van der Waals surface area contributed by atoms with Crippen molar-refractivity contribution in [1.29, 1.82) is 0 Å². The van der Waals surface area contributed by atoms with E-state index in [1.807, 2.05) is 36.7 Å².